The zero-order chi connectivity index (χ0) is 12.0. The lowest BCUT2D eigenvalue weighted by molar-refractivity contribution is 0.0962. The van der Waals surface area contributed by atoms with Gasteiger partial charge < -0.3 is 15.2 Å². The van der Waals surface area contributed by atoms with Crippen molar-refractivity contribution < 1.29 is 9.84 Å². The molecule has 1 aromatic rings. The van der Waals surface area contributed by atoms with E-state index in [0.29, 0.717) is 6.61 Å². The maximum absolute atomic E-state index is 9.48. The Kier molecular flexibility index (Phi) is 4.77. The lowest BCUT2D eigenvalue weighted by Crippen LogP contribution is -2.45. The van der Waals surface area contributed by atoms with Gasteiger partial charge in [0.05, 0.1) is 18.8 Å². The number of nitrogens with one attached hydrogen (secondary N) is 1. The number of benzene rings is 1. The van der Waals surface area contributed by atoms with Gasteiger partial charge >= 0.3 is 0 Å². The molecular weight excluding hydrogens is 202 g/mol. The molecule has 0 spiro atoms. The summed E-state index contributed by atoms with van der Waals surface area (Å²) in [5, 5.41) is 12.8. The van der Waals surface area contributed by atoms with Gasteiger partial charge in [-0.1, -0.05) is 24.6 Å². The van der Waals surface area contributed by atoms with E-state index < -0.39 is 0 Å². The third-order valence-electron chi connectivity index (χ3n) is 2.86. The molecule has 0 amide bonds. The highest BCUT2D eigenvalue weighted by molar-refractivity contribution is 5.46. The summed E-state index contributed by atoms with van der Waals surface area (Å²) in [6.45, 7) is 4.65. The van der Waals surface area contributed by atoms with E-state index in [1.165, 1.54) is 5.56 Å². The molecule has 0 bridgehead atoms. The normalized spacial score (nSPS) is 14.5. The minimum Gasteiger partial charge on any atom is -0.394 e. The average Bonchev–Trinajstić information content (AvgIpc) is 2.31. The quantitative estimate of drug-likeness (QED) is 0.776. The van der Waals surface area contributed by atoms with E-state index in [1.54, 1.807) is 7.11 Å². The summed E-state index contributed by atoms with van der Waals surface area (Å²) in [6.07, 6.45) is 0.811. The number of ether oxygens (including phenoxy) is 1. The highest BCUT2D eigenvalue weighted by Gasteiger charge is 2.26. The Morgan fingerprint density at radius 2 is 1.94 bits per heavy atom. The standard InChI is InChI=1S/C13H21NO2/c1-4-13(9-15,10-16-3)14-12-7-5-11(2)6-8-12/h5-8,14-15H,4,9-10H2,1-3H3. The number of aryl methyl sites for hydroxylation is 1. The summed E-state index contributed by atoms with van der Waals surface area (Å²) in [6, 6.07) is 8.13. The first-order valence-corrected chi connectivity index (χ1v) is 5.60. The van der Waals surface area contributed by atoms with Crippen molar-refractivity contribution in [3.05, 3.63) is 29.8 Å². The van der Waals surface area contributed by atoms with E-state index in [0.717, 1.165) is 12.1 Å². The van der Waals surface area contributed by atoms with Crippen molar-refractivity contribution in [1.82, 2.24) is 0 Å². The van der Waals surface area contributed by atoms with Crippen LogP contribution in [0.25, 0.3) is 0 Å². The van der Waals surface area contributed by atoms with Crippen LogP contribution in [0.4, 0.5) is 5.69 Å². The second-order valence-corrected chi connectivity index (χ2v) is 4.22. The van der Waals surface area contributed by atoms with Gasteiger partial charge in [-0.15, -0.1) is 0 Å². The molecule has 0 heterocycles. The molecule has 3 nitrogen and oxygen atoms in total. The van der Waals surface area contributed by atoms with Crippen molar-refractivity contribution in [3.63, 3.8) is 0 Å². The minimum absolute atomic E-state index is 0.0607. The summed E-state index contributed by atoms with van der Waals surface area (Å²) in [7, 11) is 1.65. The molecule has 0 saturated heterocycles. The van der Waals surface area contributed by atoms with Gasteiger partial charge in [-0.3, -0.25) is 0 Å². The van der Waals surface area contributed by atoms with Crippen LogP contribution in [-0.4, -0.2) is 31.0 Å². The summed E-state index contributed by atoms with van der Waals surface area (Å²) < 4.78 is 5.16. The number of aliphatic hydroxyl groups is 1. The number of anilines is 1. The van der Waals surface area contributed by atoms with E-state index in [4.69, 9.17) is 4.74 Å². The molecule has 1 rings (SSSR count). The molecule has 0 saturated carbocycles. The van der Waals surface area contributed by atoms with Gasteiger partial charge in [-0.25, -0.2) is 0 Å². The third-order valence-corrected chi connectivity index (χ3v) is 2.86. The highest BCUT2D eigenvalue weighted by atomic mass is 16.5. The number of hydrogen-bond acceptors (Lipinski definition) is 3. The molecule has 90 valence electrons. The fourth-order valence-electron chi connectivity index (χ4n) is 1.64. The van der Waals surface area contributed by atoms with Crippen LogP contribution >= 0.6 is 0 Å². The largest absolute Gasteiger partial charge is 0.394 e. The molecule has 1 unspecified atom stereocenters. The van der Waals surface area contributed by atoms with Crippen molar-refractivity contribution in [1.29, 1.82) is 0 Å². The fraction of sp³-hybridized carbons (Fsp3) is 0.538. The van der Waals surface area contributed by atoms with Gasteiger partial charge in [-0.2, -0.15) is 0 Å². The van der Waals surface area contributed by atoms with Crippen LogP contribution in [0, 0.1) is 6.92 Å². The first-order valence-electron chi connectivity index (χ1n) is 5.60. The van der Waals surface area contributed by atoms with Gasteiger partial charge in [-0.05, 0) is 25.5 Å². The molecule has 3 heteroatoms. The van der Waals surface area contributed by atoms with Crippen molar-refractivity contribution in [2.45, 2.75) is 25.8 Å². The van der Waals surface area contributed by atoms with Crippen molar-refractivity contribution >= 4 is 5.69 Å². The lowest BCUT2D eigenvalue weighted by atomic mass is 9.97. The molecule has 0 aliphatic rings. The van der Waals surface area contributed by atoms with E-state index in [9.17, 15) is 5.11 Å². The molecular formula is C13H21NO2. The van der Waals surface area contributed by atoms with Crippen LogP contribution in [0.1, 0.15) is 18.9 Å². The van der Waals surface area contributed by atoms with Crippen LogP contribution in [0.15, 0.2) is 24.3 Å². The second-order valence-electron chi connectivity index (χ2n) is 4.22. The highest BCUT2D eigenvalue weighted by Crippen LogP contribution is 2.19. The zero-order valence-electron chi connectivity index (χ0n) is 10.3. The maximum Gasteiger partial charge on any atom is 0.0834 e. The molecule has 1 atom stereocenters. The number of rotatable bonds is 6. The zero-order valence-corrected chi connectivity index (χ0v) is 10.3. The predicted molar refractivity (Wildman–Crippen MR) is 66.8 cm³/mol. The van der Waals surface area contributed by atoms with Crippen LogP contribution in [-0.2, 0) is 4.74 Å². The Balaban J connectivity index is 2.78. The molecule has 2 N–H and O–H groups in total. The average molecular weight is 223 g/mol. The Morgan fingerprint density at radius 3 is 2.38 bits per heavy atom. The number of aliphatic hydroxyl groups excluding tert-OH is 1. The monoisotopic (exact) mass is 223 g/mol. The van der Waals surface area contributed by atoms with Crippen molar-refractivity contribution in [3.8, 4) is 0 Å². The van der Waals surface area contributed by atoms with Gasteiger partial charge in [0.2, 0.25) is 0 Å². The van der Waals surface area contributed by atoms with E-state index in [2.05, 4.69) is 12.2 Å². The van der Waals surface area contributed by atoms with Crippen LogP contribution in [0.2, 0.25) is 0 Å². The molecule has 0 aliphatic heterocycles. The Hall–Kier alpha value is -1.06. The Morgan fingerprint density at radius 1 is 1.31 bits per heavy atom. The first kappa shape index (κ1) is 13.0. The van der Waals surface area contributed by atoms with Crippen LogP contribution in [0.5, 0.6) is 0 Å². The van der Waals surface area contributed by atoms with E-state index in [-0.39, 0.29) is 12.1 Å². The molecule has 0 aromatic heterocycles. The topological polar surface area (TPSA) is 41.5 Å². The molecule has 0 radical (unpaired) electrons. The number of hydrogen-bond donors (Lipinski definition) is 2. The molecule has 0 fully saturated rings. The maximum atomic E-state index is 9.48. The minimum atomic E-state index is -0.385. The molecule has 1 aromatic carbocycles. The van der Waals surface area contributed by atoms with Gasteiger partial charge in [0, 0.05) is 12.8 Å². The molecule has 16 heavy (non-hydrogen) atoms. The summed E-state index contributed by atoms with van der Waals surface area (Å²) in [4.78, 5) is 0. The van der Waals surface area contributed by atoms with Crippen LogP contribution in [0.3, 0.4) is 0 Å². The Bertz CT molecular complexity index is 304. The van der Waals surface area contributed by atoms with Gasteiger partial charge in [0.15, 0.2) is 0 Å². The SMILES string of the molecule is CCC(CO)(COC)Nc1ccc(C)cc1. The third kappa shape index (κ3) is 3.22. The predicted octanol–water partition coefficient (Wildman–Crippen LogP) is 2.19. The summed E-state index contributed by atoms with van der Waals surface area (Å²) in [5.74, 6) is 0. The Labute approximate surface area is 97.4 Å². The van der Waals surface area contributed by atoms with E-state index in [1.807, 2.05) is 31.2 Å². The fourth-order valence-corrected chi connectivity index (χ4v) is 1.64. The lowest BCUT2D eigenvalue weighted by Gasteiger charge is -2.32. The van der Waals surface area contributed by atoms with Crippen LogP contribution < -0.4 is 5.32 Å². The summed E-state index contributed by atoms with van der Waals surface area (Å²) in [5.41, 5.74) is 1.85. The number of methoxy groups -OCH3 is 1. The summed E-state index contributed by atoms with van der Waals surface area (Å²) >= 11 is 0. The van der Waals surface area contributed by atoms with Gasteiger partial charge in [0.1, 0.15) is 0 Å². The second kappa shape index (κ2) is 5.87. The smallest absolute Gasteiger partial charge is 0.0834 e. The van der Waals surface area contributed by atoms with Crippen molar-refractivity contribution in [2.75, 3.05) is 25.6 Å². The van der Waals surface area contributed by atoms with Gasteiger partial charge in [0.25, 0.3) is 0 Å². The van der Waals surface area contributed by atoms with E-state index >= 15 is 0 Å². The first-order chi connectivity index (χ1) is 7.65. The van der Waals surface area contributed by atoms with Crippen molar-refractivity contribution in [2.24, 2.45) is 0 Å². The molecule has 0 aliphatic carbocycles.